The van der Waals surface area contributed by atoms with E-state index in [0.29, 0.717) is 23.9 Å². The highest BCUT2D eigenvalue weighted by atomic mass is 16.7. The summed E-state index contributed by atoms with van der Waals surface area (Å²) in [5.41, 5.74) is 0. The van der Waals surface area contributed by atoms with E-state index >= 15 is 0 Å². The molecule has 0 aromatic heterocycles. The van der Waals surface area contributed by atoms with Gasteiger partial charge in [0.05, 0.1) is 34.4 Å². The zero-order valence-electron chi connectivity index (χ0n) is 54.1. The van der Waals surface area contributed by atoms with Crippen molar-refractivity contribution in [2.75, 3.05) is 47.5 Å². The third-order valence-corrected chi connectivity index (χ3v) is 14.2. The number of quaternary nitrogens is 1. The second kappa shape index (κ2) is 63.7. The smallest absolute Gasteiger partial charge is 0.361 e. The number of hydrogen-bond acceptors (Lipinski definition) is 7. The second-order valence-electron chi connectivity index (χ2n) is 23.4. The van der Waals surface area contributed by atoms with Crippen molar-refractivity contribution in [1.82, 2.24) is 0 Å². The van der Waals surface area contributed by atoms with Crippen molar-refractivity contribution in [3.05, 3.63) is 122 Å². The number of nitrogens with zero attached hydrogens (tertiary/aromatic N) is 1. The van der Waals surface area contributed by atoms with Crippen molar-refractivity contribution in [3.63, 3.8) is 0 Å². The fraction of sp³-hybridized carbons (Fsp3) is 0.689. The third kappa shape index (κ3) is 65.1. The minimum Gasteiger partial charge on any atom is -0.477 e. The molecule has 0 saturated heterocycles. The molecule has 0 heterocycles. The van der Waals surface area contributed by atoms with Gasteiger partial charge in [-0.05, 0) is 109 Å². The highest BCUT2D eigenvalue weighted by Crippen LogP contribution is 2.16. The molecule has 0 saturated carbocycles. The number of carboxylic acids is 1. The van der Waals surface area contributed by atoms with Gasteiger partial charge in [0.25, 0.3) is 6.29 Å². The summed E-state index contributed by atoms with van der Waals surface area (Å²) in [6.45, 7) is 4.74. The third-order valence-electron chi connectivity index (χ3n) is 14.2. The molecule has 0 bridgehead atoms. The fourth-order valence-corrected chi connectivity index (χ4v) is 9.06. The summed E-state index contributed by atoms with van der Waals surface area (Å²) in [5.74, 6) is -2.03. The Morgan fingerprint density at radius 2 is 0.687 bits per heavy atom. The Balaban J connectivity index is 4.22. The van der Waals surface area contributed by atoms with Crippen molar-refractivity contribution in [1.29, 1.82) is 0 Å². The average Bonchev–Trinajstić information content (AvgIpc) is 3.46. The minimum absolute atomic E-state index is 0.179. The van der Waals surface area contributed by atoms with E-state index in [2.05, 4.69) is 135 Å². The lowest BCUT2D eigenvalue weighted by molar-refractivity contribution is -0.870. The number of allylic oxidation sites excluding steroid dienone is 20. The number of carbonyl (C=O) groups is 3. The number of carbonyl (C=O) groups excluding carboxylic acids is 2. The lowest BCUT2D eigenvalue weighted by Gasteiger charge is -2.25. The number of rotatable bonds is 61. The van der Waals surface area contributed by atoms with Crippen LogP contribution >= 0.6 is 0 Å². The highest BCUT2D eigenvalue weighted by molar-refractivity contribution is 5.71. The van der Waals surface area contributed by atoms with Crippen LogP contribution < -0.4 is 0 Å². The van der Waals surface area contributed by atoms with Gasteiger partial charge in [-0.1, -0.05) is 270 Å². The Morgan fingerprint density at radius 3 is 1.02 bits per heavy atom. The molecule has 83 heavy (non-hydrogen) atoms. The zero-order chi connectivity index (χ0) is 60.5. The van der Waals surface area contributed by atoms with E-state index in [-0.39, 0.29) is 32.2 Å². The van der Waals surface area contributed by atoms with E-state index in [9.17, 15) is 19.5 Å². The van der Waals surface area contributed by atoms with E-state index in [1.165, 1.54) is 122 Å². The van der Waals surface area contributed by atoms with E-state index in [1.807, 2.05) is 21.1 Å². The number of carboxylic acid groups (broad SMARTS) is 1. The first-order chi connectivity index (χ1) is 40.6. The van der Waals surface area contributed by atoms with E-state index < -0.39 is 24.3 Å². The number of esters is 2. The molecule has 9 nitrogen and oxygen atoms in total. The number of ether oxygens (including phenoxy) is 4. The molecular weight excluding hydrogens is 1030 g/mol. The Kier molecular flexibility index (Phi) is 60.4. The van der Waals surface area contributed by atoms with Crippen molar-refractivity contribution in [2.24, 2.45) is 0 Å². The molecular formula is C74H126NO8+. The first-order valence-electron chi connectivity index (χ1n) is 33.7. The predicted molar refractivity (Wildman–Crippen MR) is 354 cm³/mol. The van der Waals surface area contributed by atoms with Crippen molar-refractivity contribution in [3.8, 4) is 0 Å². The van der Waals surface area contributed by atoms with Gasteiger partial charge in [0, 0.05) is 12.8 Å². The molecule has 0 aromatic carbocycles. The highest BCUT2D eigenvalue weighted by Gasteiger charge is 2.25. The summed E-state index contributed by atoms with van der Waals surface area (Å²) >= 11 is 0. The SMILES string of the molecule is CC/C=C\C/C=C\C/C=C\C/C=C\C/C=C\C/C=C\C/C=C\C/C=C\CCCCCCCCC(=O)OC(COC(=O)CCCCCCCCCCCCCCCCC/C=C\C/C=C\CCCCCCC)COC(OCC[N+](C)(C)C)C(=O)O. The molecule has 0 spiro atoms. The molecule has 2 unspecified atom stereocenters. The van der Waals surface area contributed by atoms with E-state index in [1.54, 1.807) is 0 Å². The van der Waals surface area contributed by atoms with Gasteiger partial charge in [-0.15, -0.1) is 0 Å². The van der Waals surface area contributed by atoms with Crippen molar-refractivity contribution in [2.45, 2.75) is 283 Å². The molecule has 2 atom stereocenters. The number of unbranched alkanes of at least 4 members (excludes halogenated alkanes) is 26. The molecule has 0 aromatic rings. The molecule has 0 fully saturated rings. The van der Waals surface area contributed by atoms with Gasteiger partial charge in [0.1, 0.15) is 13.2 Å². The first kappa shape index (κ1) is 78.7. The first-order valence-corrected chi connectivity index (χ1v) is 33.7. The minimum atomic E-state index is -1.52. The second-order valence-corrected chi connectivity index (χ2v) is 23.4. The molecule has 474 valence electrons. The number of likely N-dealkylation sites (N-methyl/N-ethyl adjacent to an activating group) is 1. The number of aliphatic carboxylic acids is 1. The van der Waals surface area contributed by atoms with Crippen LogP contribution in [0.3, 0.4) is 0 Å². The molecule has 0 rings (SSSR count). The maximum atomic E-state index is 12.9. The molecule has 9 heteroatoms. The molecule has 0 aliphatic rings. The van der Waals surface area contributed by atoms with Crippen molar-refractivity contribution < 1.29 is 42.9 Å². The molecule has 1 N–H and O–H groups in total. The Morgan fingerprint density at radius 1 is 0.373 bits per heavy atom. The van der Waals surface area contributed by atoms with Gasteiger partial charge in [-0.2, -0.15) is 0 Å². The van der Waals surface area contributed by atoms with Gasteiger partial charge < -0.3 is 28.5 Å². The van der Waals surface area contributed by atoms with Gasteiger partial charge in [-0.3, -0.25) is 9.59 Å². The number of hydrogen-bond donors (Lipinski definition) is 1. The summed E-state index contributed by atoms with van der Waals surface area (Å²) in [6, 6.07) is 0. The zero-order valence-corrected chi connectivity index (χ0v) is 54.1. The Labute approximate surface area is 510 Å². The summed E-state index contributed by atoms with van der Waals surface area (Å²) in [6.07, 6.45) is 87.2. The van der Waals surface area contributed by atoms with Crippen LogP contribution in [0.25, 0.3) is 0 Å². The largest absolute Gasteiger partial charge is 0.477 e. The topological polar surface area (TPSA) is 108 Å². The summed E-state index contributed by atoms with van der Waals surface area (Å²) < 4.78 is 22.9. The van der Waals surface area contributed by atoms with Crippen LogP contribution in [0.4, 0.5) is 0 Å². The lowest BCUT2D eigenvalue weighted by Crippen LogP contribution is -2.40. The maximum Gasteiger partial charge on any atom is 0.361 e. The quantitative estimate of drug-likeness (QED) is 0.0211. The van der Waals surface area contributed by atoms with Crippen LogP contribution in [0.5, 0.6) is 0 Å². The van der Waals surface area contributed by atoms with Crippen LogP contribution in [0, 0.1) is 0 Å². The molecule has 0 amide bonds. The van der Waals surface area contributed by atoms with Crippen molar-refractivity contribution >= 4 is 17.9 Å². The monoisotopic (exact) mass is 1160 g/mol. The molecule has 0 aliphatic heterocycles. The standard InChI is InChI=1S/C74H125NO8/c1-6-8-10-12-14-16-18-20-22-24-26-28-30-32-34-35-36-37-39-41-43-45-47-49-51-53-55-57-59-61-63-65-72(77)83-70(69-82-74(73(78)79)80-67-66-75(3,4)5)68-81-71(76)64-62-60-58-56-54-52-50-48-46-44-42-40-38-33-31-29-27-25-23-21-19-17-15-13-11-9-7-2/h8,10,14,16,19-22,25-28,32,34,36-37,41,43,47,49,70,74H,6-7,9,11-13,15,17-18,23-24,29-31,33,35,38-40,42,44-46,48,50-69H2,1-5H3/p+1/b10-8-,16-14-,21-19-,22-20-,27-25-,28-26-,34-32-,37-36-,43-41-,49-47-. The average molecular weight is 1160 g/mol. The van der Waals surface area contributed by atoms with E-state index in [4.69, 9.17) is 18.9 Å². The molecule has 0 aliphatic carbocycles. The van der Waals surface area contributed by atoms with Crippen LogP contribution in [0.1, 0.15) is 271 Å². The summed E-state index contributed by atoms with van der Waals surface area (Å²) in [5, 5.41) is 9.74. The van der Waals surface area contributed by atoms with Gasteiger partial charge in [0.2, 0.25) is 0 Å². The maximum absolute atomic E-state index is 12.9. The van der Waals surface area contributed by atoms with Gasteiger partial charge in [-0.25, -0.2) is 4.79 Å². The summed E-state index contributed by atoms with van der Waals surface area (Å²) in [4.78, 5) is 37.6. The Bertz CT molecular complexity index is 1780. The Hall–Kier alpha value is -4.31. The fourth-order valence-electron chi connectivity index (χ4n) is 9.06. The van der Waals surface area contributed by atoms with Gasteiger partial charge >= 0.3 is 17.9 Å². The van der Waals surface area contributed by atoms with Crippen LogP contribution in [-0.4, -0.2) is 87.4 Å². The van der Waals surface area contributed by atoms with E-state index in [0.717, 1.165) is 116 Å². The molecule has 0 radical (unpaired) electrons. The normalized spacial score (nSPS) is 13.5. The van der Waals surface area contributed by atoms with Crippen LogP contribution in [0.2, 0.25) is 0 Å². The lowest BCUT2D eigenvalue weighted by atomic mass is 10.0. The predicted octanol–water partition coefficient (Wildman–Crippen LogP) is 20.8. The van der Waals surface area contributed by atoms with Gasteiger partial charge in [0.15, 0.2) is 6.10 Å². The van der Waals surface area contributed by atoms with Crippen LogP contribution in [-0.2, 0) is 33.3 Å². The summed E-state index contributed by atoms with van der Waals surface area (Å²) in [7, 11) is 5.96. The van der Waals surface area contributed by atoms with Crippen LogP contribution in [0.15, 0.2) is 122 Å².